The van der Waals surface area contributed by atoms with Gasteiger partial charge in [-0.2, -0.15) is 0 Å². The molecule has 0 aliphatic rings. The van der Waals surface area contributed by atoms with Crippen LogP contribution in [-0.2, 0) is 16.6 Å². The molecule has 1 aromatic rings. The van der Waals surface area contributed by atoms with Gasteiger partial charge in [-0.1, -0.05) is 32.9 Å². The molecule has 1 aromatic carbocycles. The van der Waals surface area contributed by atoms with Gasteiger partial charge in [-0.15, -0.1) is 0 Å². The van der Waals surface area contributed by atoms with Crippen molar-refractivity contribution in [2.75, 3.05) is 6.54 Å². The van der Waals surface area contributed by atoms with E-state index in [1.165, 1.54) is 0 Å². The Hall–Kier alpha value is -0.910. The first-order valence-electron chi connectivity index (χ1n) is 6.52. The quantitative estimate of drug-likeness (QED) is 0.841. The molecule has 3 N–H and O–H groups in total. The third kappa shape index (κ3) is 4.03. The molecule has 0 radical (unpaired) electrons. The summed E-state index contributed by atoms with van der Waals surface area (Å²) >= 11 is 0. The average Bonchev–Trinajstić information content (AvgIpc) is 2.37. The summed E-state index contributed by atoms with van der Waals surface area (Å²) in [5.41, 5.74) is 7.15. The van der Waals surface area contributed by atoms with Gasteiger partial charge < -0.3 is 5.73 Å². The van der Waals surface area contributed by atoms with Crippen molar-refractivity contribution in [3.8, 4) is 0 Å². The number of hydrogen-bond acceptors (Lipinski definition) is 3. The van der Waals surface area contributed by atoms with E-state index in [9.17, 15) is 8.42 Å². The van der Waals surface area contributed by atoms with Gasteiger partial charge >= 0.3 is 0 Å². The molecule has 0 fully saturated rings. The van der Waals surface area contributed by atoms with Gasteiger partial charge in [0.05, 0.1) is 4.90 Å². The minimum Gasteiger partial charge on any atom is -0.326 e. The van der Waals surface area contributed by atoms with E-state index in [-0.39, 0.29) is 5.41 Å². The van der Waals surface area contributed by atoms with E-state index in [1.54, 1.807) is 19.1 Å². The Morgan fingerprint density at radius 1 is 1.32 bits per heavy atom. The molecule has 19 heavy (non-hydrogen) atoms. The van der Waals surface area contributed by atoms with Gasteiger partial charge in [0.15, 0.2) is 0 Å². The van der Waals surface area contributed by atoms with Gasteiger partial charge in [0.2, 0.25) is 10.0 Å². The number of nitrogens with one attached hydrogen (secondary N) is 1. The first-order valence-corrected chi connectivity index (χ1v) is 8.00. The third-order valence-electron chi connectivity index (χ3n) is 3.60. The third-order valence-corrected chi connectivity index (χ3v) is 5.15. The van der Waals surface area contributed by atoms with Gasteiger partial charge in [-0.3, -0.25) is 0 Å². The van der Waals surface area contributed by atoms with E-state index in [4.69, 9.17) is 5.73 Å². The first kappa shape index (κ1) is 16.1. The minimum atomic E-state index is -3.47. The fourth-order valence-corrected chi connectivity index (χ4v) is 3.19. The van der Waals surface area contributed by atoms with E-state index in [2.05, 4.69) is 11.6 Å². The molecule has 108 valence electrons. The van der Waals surface area contributed by atoms with Crippen LogP contribution in [0.15, 0.2) is 23.1 Å². The van der Waals surface area contributed by atoms with Crippen LogP contribution in [0.1, 0.15) is 38.3 Å². The van der Waals surface area contributed by atoms with Crippen LogP contribution in [0.4, 0.5) is 0 Å². The molecule has 5 heteroatoms. The zero-order valence-electron chi connectivity index (χ0n) is 12.2. The second kappa shape index (κ2) is 6.03. The number of rotatable bonds is 6. The fraction of sp³-hybridized carbons (Fsp3) is 0.571. The Morgan fingerprint density at radius 3 is 2.47 bits per heavy atom. The lowest BCUT2D eigenvalue weighted by molar-refractivity contribution is 0.350. The molecule has 0 aromatic heterocycles. The molecule has 1 rings (SSSR count). The van der Waals surface area contributed by atoms with Gasteiger partial charge in [0.1, 0.15) is 0 Å². The maximum absolute atomic E-state index is 12.3. The molecule has 0 aliphatic heterocycles. The van der Waals surface area contributed by atoms with E-state index >= 15 is 0 Å². The average molecular weight is 284 g/mol. The van der Waals surface area contributed by atoms with Crippen molar-refractivity contribution in [2.24, 2.45) is 11.1 Å². The second-order valence-corrected chi connectivity index (χ2v) is 7.32. The Balaban J connectivity index is 3.02. The van der Waals surface area contributed by atoms with Crippen LogP contribution >= 0.6 is 0 Å². The van der Waals surface area contributed by atoms with E-state index in [0.29, 0.717) is 18.0 Å². The zero-order valence-corrected chi connectivity index (χ0v) is 13.0. The molecule has 0 unspecified atom stereocenters. The predicted molar refractivity (Wildman–Crippen MR) is 78.3 cm³/mol. The van der Waals surface area contributed by atoms with Crippen LogP contribution < -0.4 is 10.5 Å². The van der Waals surface area contributed by atoms with Gasteiger partial charge in [0, 0.05) is 13.1 Å². The van der Waals surface area contributed by atoms with Crippen molar-refractivity contribution >= 4 is 10.0 Å². The predicted octanol–water partition coefficient (Wildman–Crippen LogP) is 2.17. The van der Waals surface area contributed by atoms with E-state index < -0.39 is 10.0 Å². The van der Waals surface area contributed by atoms with E-state index in [0.717, 1.165) is 17.5 Å². The Labute approximate surface area is 116 Å². The summed E-state index contributed by atoms with van der Waals surface area (Å²) in [4.78, 5) is 0.322. The molecule has 0 heterocycles. The largest absolute Gasteiger partial charge is 0.326 e. The highest BCUT2D eigenvalue weighted by atomic mass is 32.2. The number of hydrogen-bond donors (Lipinski definition) is 2. The zero-order chi connectivity index (χ0) is 14.7. The SMILES string of the molecule is CCC(C)(C)CNS(=O)(=O)c1cccc(CN)c1C. The van der Waals surface area contributed by atoms with Gasteiger partial charge in [-0.05, 0) is 36.0 Å². The summed E-state index contributed by atoms with van der Waals surface area (Å²) in [6.45, 7) is 8.70. The summed E-state index contributed by atoms with van der Waals surface area (Å²) in [5.74, 6) is 0. The maximum Gasteiger partial charge on any atom is 0.240 e. The summed E-state index contributed by atoms with van der Waals surface area (Å²) in [6, 6.07) is 5.20. The highest BCUT2D eigenvalue weighted by Crippen LogP contribution is 2.22. The van der Waals surface area contributed by atoms with Crippen molar-refractivity contribution < 1.29 is 8.42 Å². The summed E-state index contributed by atoms with van der Waals surface area (Å²) in [6.07, 6.45) is 0.914. The molecular weight excluding hydrogens is 260 g/mol. The van der Waals surface area contributed by atoms with Crippen molar-refractivity contribution in [3.05, 3.63) is 29.3 Å². The Bertz CT molecular complexity index is 536. The Kier molecular flexibility index (Phi) is 5.12. The maximum atomic E-state index is 12.3. The summed E-state index contributed by atoms with van der Waals surface area (Å²) in [7, 11) is -3.47. The van der Waals surface area contributed by atoms with Crippen molar-refractivity contribution in [1.82, 2.24) is 4.72 Å². The van der Waals surface area contributed by atoms with Crippen LogP contribution in [0, 0.1) is 12.3 Å². The number of nitrogens with two attached hydrogens (primary N) is 1. The van der Waals surface area contributed by atoms with Crippen LogP contribution in [0.5, 0.6) is 0 Å². The van der Waals surface area contributed by atoms with Crippen molar-refractivity contribution in [1.29, 1.82) is 0 Å². The highest BCUT2D eigenvalue weighted by Gasteiger charge is 2.22. The second-order valence-electron chi connectivity index (χ2n) is 5.59. The molecule has 0 saturated carbocycles. The lowest BCUT2D eigenvalue weighted by Gasteiger charge is -2.23. The molecular formula is C14H24N2O2S. The van der Waals surface area contributed by atoms with Crippen LogP contribution in [0.2, 0.25) is 0 Å². The molecule has 0 aliphatic carbocycles. The lowest BCUT2D eigenvalue weighted by atomic mass is 9.91. The van der Waals surface area contributed by atoms with Gasteiger partial charge in [-0.25, -0.2) is 13.1 Å². The standard InChI is InChI=1S/C14H24N2O2S/c1-5-14(3,4)10-16-19(17,18)13-8-6-7-12(9-15)11(13)2/h6-8,16H,5,9-10,15H2,1-4H3. The summed E-state index contributed by atoms with van der Waals surface area (Å²) < 4.78 is 27.4. The molecule has 0 atom stereocenters. The van der Waals surface area contributed by atoms with Crippen LogP contribution in [0.25, 0.3) is 0 Å². The minimum absolute atomic E-state index is 0.0492. The molecule has 0 spiro atoms. The smallest absolute Gasteiger partial charge is 0.240 e. The number of sulfonamides is 1. The number of benzene rings is 1. The molecule has 4 nitrogen and oxygen atoms in total. The van der Waals surface area contributed by atoms with Crippen LogP contribution in [-0.4, -0.2) is 15.0 Å². The molecule has 0 amide bonds. The monoisotopic (exact) mass is 284 g/mol. The normalized spacial score (nSPS) is 12.7. The highest BCUT2D eigenvalue weighted by molar-refractivity contribution is 7.89. The first-order chi connectivity index (χ1) is 8.73. The van der Waals surface area contributed by atoms with Crippen LogP contribution in [0.3, 0.4) is 0 Å². The fourth-order valence-electron chi connectivity index (χ4n) is 1.67. The Morgan fingerprint density at radius 2 is 1.95 bits per heavy atom. The van der Waals surface area contributed by atoms with E-state index in [1.807, 2.05) is 19.9 Å². The molecule has 0 saturated heterocycles. The summed E-state index contributed by atoms with van der Waals surface area (Å²) in [5, 5.41) is 0. The topological polar surface area (TPSA) is 72.2 Å². The van der Waals surface area contributed by atoms with Crippen molar-refractivity contribution in [3.63, 3.8) is 0 Å². The molecule has 0 bridgehead atoms. The lowest BCUT2D eigenvalue weighted by Crippen LogP contribution is -2.34. The van der Waals surface area contributed by atoms with Crippen molar-refractivity contribution in [2.45, 2.75) is 45.6 Å². The van der Waals surface area contributed by atoms with Gasteiger partial charge in [0.25, 0.3) is 0 Å².